The van der Waals surface area contributed by atoms with E-state index in [-0.39, 0.29) is 17.4 Å². The minimum atomic E-state index is -3.75. The van der Waals surface area contributed by atoms with Crippen LogP contribution in [-0.4, -0.2) is 33.2 Å². The highest BCUT2D eigenvalue weighted by Crippen LogP contribution is 2.28. The Balaban J connectivity index is 2.09. The molecule has 2 N–H and O–H groups in total. The van der Waals surface area contributed by atoms with Crippen molar-refractivity contribution in [3.05, 3.63) is 47.5 Å². The first-order valence-corrected chi connectivity index (χ1v) is 11.5. The van der Waals surface area contributed by atoms with Crippen molar-refractivity contribution in [2.24, 2.45) is 0 Å². The van der Waals surface area contributed by atoms with Gasteiger partial charge in [-0.1, -0.05) is 6.07 Å². The van der Waals surface area contributed by atoms with E-state index in [1.54, 1.807) is 13.0 Å². The second-order valence-electron chi connectivity index (χ2n) is 6.62. The second-order valence-corrected chi connectivity index (χ2v) is 9.18. The number of sulfonamides is 1. The zero-order valence-electron chi connectivity index (χ0n) is 16.7. The Morgan fingerprint density at radius 3 is 2.46 bits per heavy atom. The van der Waals surface area contributed by atoms with Gasteiger partial charge in [-0.3, -0.25) is 4.79 Å². The molecule has 28 heavy (non-hydrogen) atoms. The molecule has 1 atom stereocenters. The molecular formula is C20H26N2O4S2. The fourth-order valence-corrected chi connectivity index (χ4v) is 4.32. The standard InChI is InChI=1S/C20H26N2O4S2/c1-13-6-7-17(10-14(13)2)26-12-15(3)22-28(24,25)18-8-9-20(27-5)19(11-18)21-16(4)23/h6-11,15,22H,12H2,1-5H3,(H,21,23)/t15-/m1/s1. The molecule has 0 aromatic heterocycles. The Bertz CT molecular complexity index is 959. The summed E-state index contributed by atoms with van der Waals surface area (Å²) in [7, 11) is -3.75. The summed E-state index contributed by atoms with van der Waals surface area (Å²) in [4.78, 5) is 12.3. The molecule has 0 radical (unpaired) electrons. The largest absolute Gasteiger partial charge is 0.492 e. The second kappa shape index (κ2) is 9.45. The number of carbonyl (C=O) groups is 1. The van der Waals surface area contributed by atoms with Gasteiger partial charge in [-0.15, -0.1) is 11.8 Å². The Labute approximate surface area is 171 Å². The van der Waals surface area contributed by atoms with Gasteiger partial charge in [-0.05, 0) is 68.5 Å². The van der Waals surface area contributed by atoms with E-state index < -0.39 is 16.1 Å². The van der Waals surface area contributed by atoms with Crippen molar-refractivity contribution >= 4 is 33.4 Å². The summed E-state index contributed by atoms with van der Waals surface area (Å²) in [5.41, 5.74) is 2.76. The van der Waals surface area contributed by atoms with Crippen LogP contribution in [0, 0.1) is 13.8 Å². The lowest BCUT2D eigenvalue weighted by Crippen LogP contribution is -2.36. The van der Waals surface area contributed by atoms with Gasteiger partial charge in [0.2, 0.25) is 15.9 Å². The molecule has 1 amide bonds. The Morgan fingerprint density at radius 1 is 1.14 bits per heavy atom. The minimum absolute atomic E-state index is 0.0899. The van der Waals surface area contributed by atoms with Gasteiger partial charge in [0.1, 0.15) is 12.4 Å². The van der Waals surface area contributed by atoms with E-state index >= 15 is 0 Å². The topological polar surface area (TPSA) is 84.5 Å². The van der Waals surface area contributed by atoms with Crippen LogP contribution in [0.25, 0.3) is 0 Å². The van der Waals surface area contributed by atoms with E-state index in [2.05, 4.69) is 10.0 Å². The predicted molar refractivity (Wildman–Crippen MR) is 114 cm³/mol. The van der Waals surface area contributed by atoms with Crippen molar-refractivity contribution in [2.45, 2.75) is 43.5 Å². The fourth-order valence-electron chi connectivity index (χ4n) is 2.53. The molecule has 8 heteroatoms. The van der Waals surface area contributed by atoms with Gasteiger partial charge >= 0.3 is 0 Å². The van der Waals surface area contributed by atoms with Gasteiger partial charge in [-0.25, -0.2) is 13.1 Å². The van der Waals surface area contributed by atoms with Crippen LogP contribution in [0.4, 0.5) is 5.69 Å². The van der Waals surface area contributed by atoms with E-state index in [0.717, 1.165) is 10.5 Å². The van der Waals surface area contributed by atoms with Gasteiger partial charge in [0.05, 0.1) is 16.6 Å². The van der Waals surface area contributed by atoms with Crippen LogP contribution < -0.4 is 14.8 Å². The smallest absolute Gasteiger partial charge is 0.241 e. The van der Waals surface area contributed by atoms with E-state index in [0.29, 0.717) is 11.4 Å². The lowest BCUT2D eigenvalue weighted by molar-refractivity contribution is -0.114. The lowest BCUT2D eigenvalue weighted by Gasteiger charge is -2.17. The number of hydrogen-bond acceptors (Lipinski definition) is 5. The average Bonchev–Trinajstić information content (AvgIpc) is 2.62. The van der Waals surface area contributed by atoms with Crippen molar-refractivity contribution in [1.82, 2.24) is 4.72 Å². The van der Waals surface area contributed by atoms with Gasteiger partial charge in [0.25, 0.3) is 0 Å². The highest BCUT2D eigenvalue weighted by atomic mass is 32.2. The third kappa shape index (κ3) is 5.98. The highest BCUT2D eigenvalue weighted by molar-refractivity contribution is 7.98. The number of rotatable bonds is 8. The molecule has 0 saturated carbocycles. The Hall–Kier alpha value is -2.03. The van der Waals surface area contributed by atoms with E-state index in [9.17, 15) is 13.2 Å². The number of aryl methyl sites for hydroxylation is 2. The summed E-state index contributed by atoms with van der Waals surface area (Å²) in [5.74, 6) is 0.444. The third-order valence-electron chi connectivity index (χ3n) is 4.13. The minimum Gasteiger partial charge on any atom is -0.492 e. The maximum absolute atomic E-state index is 12.7. The van der Waals surface area contributed by atoms with Gasteiger partial charge < -0.3 is 10.1 Å². The molecule has 0 unspecified atom stereocenters. The molecule has 0 heterocycles. The lowest BCUT2D eigenvalue weighted by atomic mass is 10.1. The summed E-state index contributed by atoms with van der Waals surface area (Å²) in [6, 6.07) is 10.00. The normalized spacial score (nSPS) is 12.5. The van der Waals surface area contributed by atoms with E-state index in [1.165, 1.54) is 36.4 Å². The van der Waals surface area contributed by atoms with E-state index in [4.69, 9.17) is 4.74 Å². The van der Waals surface area contributed by atoms with Gasteiger partial charge in [-0.2, -0.15) is 0 Å². The number of nitrogens with one attached hydrogen (secondary N) is 2. The number of carbonyl (C=O) groups excluding carboxylic acids is 1. The van der Waals surface area contributed by atoms with Crippen LogP contribution in [0.3, 0.4) is 0 Å². The van der Waals surface area contributed by atoms with Crippen LogP contribution in [0.2, 0.25) is 0 Å². The predicted octanol–water partition coefficient (Wildman–Crippen LogP) is 3.73. The fraction of sp³-hybridized carbons (Fsp3) is 0.350. The summed E-state index contributed by atoms with van der Waals surface area (Å²) >= 11 is 1.43. The van der Waals surface area contributed by atoms with Crippen LogP contribution in [-0.2, 0) is 14.8 Å². The number of amides is 1. The van der Waals surface area contributed by atoms with Crippen molar-refractivity contribution in [1.29, 1.82) is 0 Å². The Morgan fingerprint density at radius 2 is 1.86 bits per heavy atom. The SMILES string of the molecule is CSc1ccc(S(=O)(=O)N[C@H](C)COc2ccc(C)c(C)c2)cc1NC(C)=O. The maximum atomic E-state index is 12.7. The Kier molecular flexibility index (Phi) is 7.51. The van der Waals surface area contributed by atoms with Crippen molar-refractivity contribution in [3.8, 4) is 5.75 Å². The molecule has 2 aromatic carbocycles. The number of thioether (sulfide) groups is 1. The molecule has 0 bridgehead atoms. The molecule has 0 saturated heterocycles. The number of anilines is 1. The van der Waals surface area contributed by atoms with Crippen LogP contribution in [0.5, 0.6) is 5.75 Å². The number of ether oxygens (including phenoxy) is 1. The van der Waals surface area contributed by atoms with Crippen molar-refractivity contribution in [2.75, 3.05) is 18.2 Å². The molecule has 2 aromatic rings. The van der Waals surface area contributed by atoms with Gasteiger partial charge in [0.15, 0.2) is 0 Å². The van der Waals surface area contributed by atoms with Crippen LogP contribution >= 0.6 is 11.8 Å². The quantitative estimate of drug-likeness (QED) is 0.633. The van der Waals surface area contributed by atoms with Gasteiger partial charge in [0, 0.05) is 11.8 Å². The number of hydrogen-bond donors (Lipinski definition) is 2. The highest BCUT2D eigenvalue weighted by Gasteiger charge is 2.19. The summed E-state index contributed by atoms with van der Waals surface area (Å²) in [5, 5.41) is 2.67. The summed E-state index contributed by atoms with van der Waals surface area (Å²) in [6.45, 7) is 7.34. The third-order valence-corrected chi connectivity index (χ3v) is 6.51. The molecule has 0 aliphatic heterocycles. The maximum Gasteiger partial charge on any atom is 0.241 e. The first-order valence-electron chi connectivity index (χ1n) is 8.80. The first-order chi connectivity index (χ1) is 13.1. The molecule has 0 aliphatic carbocycles. The summed E-state index contributed by atoms with van der Waals surface area (Å²) < 4.78 is 33.7. The molecule has 0 spiro atoms. The molecule has 6 nitrogen and oxygen atoms in total. The summed E-state index contributed by atoms with van der Waals surface area (Å²) in [6.07, 6.45) is 1.86. The molecule has 0 aliphatic rings. The monoisotopic (exact) mass is 422 g/mol. The zero-order chi connectivity index (χ0) is 20.9. The molecule has 152 valence electrons. The van der Waals surface area contributed by atoms with Crippen molar-refractivity contribution < 1.29 is 17.9 Å². The van der Waals surface area contributed by atoms with E-state index in [1.807, 2.05) is 38.3 Å². The van der Waals surface area contributed by atoms with Crippen LogP contribution in [0.15, 0.2) is 46.2 Å². The first kappa shape index (κ1) is 22.3. The van der Waals surface area contributed by atoms with Crippen LogP contribution in [0.1, 0.15) is 25.0 Å². The molecule has 2 rings (SSSR count). The van der Waals surface area contributed by atoms with Crippen molar-refractivity contribution in [3.63, 3.8) is 0 Å². The average molecular weight is 423 g/mol. The molecule has 0 fully saturated rings. The number of benzene rings is 2. The zero-order valence-corrected chi connectivity index (χ0v) is 18.3. The molecular weight excluding hydrogens is 396 g/mol.